The highest BCUT2D eigenvalue weighted by atomic mass is 32.1. The summed E-state index contributed by atoms with van der Waals surface area (Å²) < 4.78 is 18.8. The summed E-state index contributed by atoms with van der Waals surface area (Å²) in [5, 5.41) is 6.04. The third kappa shape index (κ3) is 4.02. The maximum absolute atomic E-state index is 13.5. The number of aryl methyl sites for hydroxylation is 1. The summed E-state index contributed by atoms with van der Waals surface area (Å²) in [6, 6.07) is 4.46. The van der Waals surface area contributed by atoms with E-state index in [0.29, 0.717) is 17.3 Å². The summed E-state index contributed by atoms with van der Waals surface area (Å²) in [4.78, 5) is 21.1. The predicted octanol–water partition coefficient (Wildman–Crippen LogP) is 4.27. The van der Waals surface area contributed by atoms with Gasteiger partial charge < -0.3 is 10.1 Å². The number of methoxy groups -OCH3 is 1. The molecule has 0 fully saturated rings. The molecule has 1 N–H and O–H groups in total. The van der Waals surface area contributed by atoms with E-state index in [0.717, 1.165) is 26.8 Å². The normalized spacial score (nSPS) is 10.7. The van der Waals surface area contributed by atoms with Crippen LogP contribution in [0.15, 0.2) is 23.6 Å². The number of benzene rings is 1. The average molecular weight is 377 g/mol. The van der Waals surface area contributed by atoms with Gasteiger partial charge in [-0.15, -0.1) is 11.3 Å². The van der Waals surface area contributed by atoms with Crippen molar-refractivity contribution in [1.29, 1.82) is 0 Å². The topological polar surface area (TPSA) is 64.1 Å². The molecule has 2 aromatic heterocycles. The van der Waals surface area contributed by atoms with Crippen LogP contribution in [-0.4, -0.2) is 23.0 Å². The second kappa shape index (κ2) is 7.28. The first kappa shape index (κ1) is 17.5. The third-order valence-electron chi connectivity index (χ3n) is 3.45. The van der Waals surface area contributed by atoms with E-state index in [1.54, 1.807) is 13.2 Å². The number of hydrogen-bond donors (Lipinski definition) is 1. The van der Waals surface area contributed by atoms with Gasteiger partial charge in [0.15, 0.2) is 5.13 Å². The van der Waals surface area contributed by atoms with Gasteiger partial charge in [0.25, 0.3) is 0 Å². The number of halogens is 1. The van der Waals surface area contributed by atoms with E-state index in [2.05, 4.69) is 15.3 Å². The molecule has 1 aromatic carbocycles. The van der Waals surface area contributed by atoms with Gasteiger partial charge in [0, 0.05) is 24.3 Å². The number of nitrogens with one attached hydrogen (secondary N) is 1. The summed E-state index contributed by atoms with van der Waals surface area (Å²) in [5.74, 6) is 0.184. The van der Waals surface area contributed by atoms with Crippen molar-refractivity contribution in [2.24, 2.45) is 0 Å². The fourth-order valence-electron chi connectivity index (χ4n) is 2.38. The zero-order chi connectivity index (χ0) is 18.0. The fourth-order valence-corrected chi connectivity index (χ4v) is 4.24. The van der Waals surface area contributed by atoms with E-state index >= 15 is 0 Å². The van der Waals surface area contributed by atoms with Gasteiger partial charge in [0.05, 0.1) is 28.4 Å². The van der Waals surface area contributed by atoms with Gasteiger partial charge in [-0.2, -0.15) is 0 Å². The lowest BCUT2D eigenvalue weighted by molar-refractivity contribution is -0.114. The summed E-state index contributed by atoms with van der Waals surface area (Å²) >= 11 is 2.89. The number of anilines is 1. The Morgan fingerprint density at radius 2 is 2.16 bits per heavy atom. The third-order valence-corrected chi connectivity index (χ3v) is 5.39. The highest BCUT2D eigenvalue weighted by Gasteiger charge is 2.15. The van der Waals surface area contributed by atoms with Crippen LogP contribution >= 0.6 is 22.7 Å². The number of thiazole rings is 2. The summed E-state index contributed by atoms with van der Waals surface area (Å²) in [6.45, 7) is 3.33. The number of aromatic nitrogens is 2. The highest BCUT2D eigenvalue weighted by Crippen LogP contribution is 2.34. The van der Waals surface area contributed by atoms with Crippen LogP contribution in [0.1, 0.15) is 23.2 Å². The van der Waals surface area contributed by atoms with Gasteiger partial charge >= 0.3 is 0 Å². The SMILES string of the molecule is COc1ccc(F)cc1Cc1nc(-c2sc(NC(C)=O)nc2C)cs1. The van der Waals surface area contributed by atoms with Crippen molar-refractivity contribution in [1.82, 2.24) is 9.97 Å². The molecule has 0 atom stereocenters. The summed E-state index contributed by atoms with van der Waals surface area (Å²) in [7, 11) is 1.56. The van der Waals surface area contributed by atoms with Gasteiger partial charge in [0.2, 0.25) is 5.91 Å². The molecule has 5 nitrogen and oxygen atoms in total. The second-order valence-corrected chi connectivity index (χ2v) is 7.32. The van der Waals surface area contributed by atoms with Crippen molar-refractivity contribution in [3.63, 3.8) is 0 Å². The number of carbonyl (C=O) groups excluding carboxylic acids is 1. The standard InChI is InChI=1S/C17H16FN3O2S2/c1-9-16(25-17(19-9)20-10(2)22)13-8-24-15(21-13)7-11-6-12(18)4-5-14(11)23-3/h4-6,8H,7H2,1-3H3,(H,19,20,22). The molecule has 3 aromatic rings. The van der Waals surface area contributed by atoms with E-state index < -0.39 is 0 Å². The first-order valence-corrected chi connectivity index (χ1v) is 9.18. The smallest absolute Gasteiger partial charge is 0.223 e. The van der Waals surface area contributed by atoms with E-state index in [-0.39, 0.29) is 11.7 Å². The zero-order valence-corrected chi connectivity index (χ0v) is 15.6. The number of nitrogens with zero attached hydrogens (tertiary/aromatic N) is 2. The zero-order valence-electron chi connectivity index (χ0n) is 13.9. The molecule has 8 heteroatoms. The van der Waals surface area contributed by atoms with Crippen LogP contribution in [-0.2, 0) is 11.2 Å². The van der Waals surface area contributed by atoms with E-state index in [1.807, 2.05) is 12.3 Å². The largest absolute Gasteiger partial charge is 0.496 e. The molecule has 2 heterocycles. The van der Waals surface area contributed by atoms with Crippen LogP contribution in [0, 0.1) is 12.7 Å². The molecule has 0 saturated carbocycles. The van der Waals surface area contributed by atoms with Gasteiger partial charge in [-0.3, -0.25) is 4.79 Å². The Morgan fingerprint density at radius 3 is 2.88 bits per heavy atom. The molecule has 0 saturated heterocycles. The molecule has 0 unspecified atom stereocenters. The lowest BCUT2D eigenvalue weighted by atomic mass is 10.1. The van der Waals surface area contributed by atoms with Crippen molar-refractivity contribution in [2.45, 2.75) is 20.3 Å². The molecule has 3 rings (SSSR count). The van der Waals surface area contributed by atoms with Gasteiger partial charge in [-0.1, -0.05) is 11.3 Å². The van der Waals surface area contributed by atoms with Crippen LogP contribution < -0.4 is 10.1 Å². The quantitative estimate of drug-likeness (QED) is 0.721. The van der Waals surface area contributed by atoms with Crippen LogP contribution in [0.5, 0.6) is 5.75 Å². The Hall–Kier alpha value is -2.32. The maximum Gasteiger partial charge on any atom is 0.223 e. The summed E-state index contributed by atoms with van der Waals surface area (Å²) in [5.41, 5.74) is 2.37. The molecule has 130 valence electrons. The first-order valence-electron chi connectivity index (χ1n) is 7.48. The monoisotopic (exact) mass is 377 g/mol. The molecule has 0 radical (unpaired) electrons. The summed E-state index contributed by atoms with van der Waals surface area (Å²) in [6.07, 6.45) is 0.488. The van der Waals surface area contributed by atoms with Crippen LogP contribution in [0.4, 0.5) is 9.52 Å². The highest BCUT2D eigenvalue weighted by molar-refractivity contribution is 7.19. The first-order chi connectivity index (χ1) is 12.0. The van der Waals surface area contributed by atoms with E-state index in [4.69, 9.17) is 4.74 Å². The van der Waals surface area contributed by atoms with Gasteiger partial charge in [0.1, 0.15) is 11.6 Å². The lowest BCUT2D eigenvalue weighted by Gasteiger charge is -2.06. The Balaban J connectivity index is 1.85. The minimum Gasteiger partial charge on any atom is -0.496 e. The van der Waals surface area contributed by atoms with E-state index in [1.165, 1.54) is 41.7 Å². The molecule has 1 amide bonds. The number of carbonyl (C=O) groups is 1. The molecule has 0 bridgehead atoms. The van der Waals surface area contributed by atoms with Crippen LogP contribution in [0.3, 0.4) is 0 Å². The Bertz CT molecular complexity index is 921. The van der Waals surface area contributed by atoms with E-state index in [9.17, 15) is 9.18 Å². The second-order valence-electron chi connectivity index (χ2n) is 5.37. The fraction of sp³-hybridized carbons (Fsp3) is 0.235. The van der Waals surface area contributed by atoms with Crippen LogP contribution in [0.2, 0.25) is 0 Å². The predicted molar refractivity (Wildman–Crippen MR) is 98.0 cm³/mol. The number of hydrogen-bond acceptors (Lipinski definition) is 6. The van der Waals surface area contributed by atoms with Crippen molar-refractivity contribution in [3.8, 4) is 16.3 Å². The maximum atomic E-state index is 13.5. The Kier molecular flexibility index (Phi) is 5.10. The number of rotatable bonds is 5. The minimum atomic E-state index is -0.300. The molecule has 0 aliphatic heterocycles. The van der Waals surface area contributed by atoms with Gasteiger partial charge in [-0.05, 0) is 25.1 Å². The molecule has 0 spiro atoms. The molecular formula is C17H16FN3O2S2. The van der Waals surface area contributed by atoms with Gasteiger partial charge in [-0.25, -0.2) is 14.4 Å². The van der Waals surface area contributed by atoms with Crippen molar-refractivity contribution < 1.29 is 13.9 Å². The number of amides is 1. The molecule has 0 aliphatic carbocycles. The minimum absolute atomic E-state index is 0.155. The van der Waals surface area contributed by atoms with Crippen molar-refractivity contribution >= 4 is 33.7 Å². The molecule has 0 aliphatic rings. The van der Waals surface area contributed by atoms with Crippen molar-refractivity contribution in [3.05, 3.63) is 45.7 Å². The Labute approximate surface area is 152 Å². The Morgan fingerprint density at radius 1 is 1.36 bits per heavy atom. The van der Waals surface area contributed by atoms with Crippen LogP contribution in [0.25, 0.3) is 10.6 Å². The average Bonchev–Trinajstić information content (AvgIpc) is 3.13. The van der Waals surface area contributed by atoms with Crippen molar-refractivity contribution in [2.75, 3.05) is 12.4 Å². The number of ether oxygens (including phenoxy) is 1. The lowest BCUT2D eigenvalue weighted by Crippen LogP contribution is -2.04. The molecule has 25 heavy (non-hydrogen) atoms. The molecular weight excluding hydrogens is 361 g/mol.